The minimum absolute atomic E-state index is 0.0491. The van der Waals surface area contributed by atoms with E-state index in [4.69, 9.17) is 14.7 Å². The molecule has 1 aliphatic heterocycles. The number of aromatic nitrogens is 2. The zero-order valence-corrected chi connectivity index (χ0v) is 13.1. The first kappa shape index (κ1) is 15.1. The number of nitrogens with one attached hydrogen (secondary N) is 1. The molecule has 2 heterocycles. The fraction of sp³-hybridized carbons (Fsp3) is 0.353. The fourth-order valence-corrected chi connectivity index (χ4v) is 2.51. The van der Waals surface area contributed by atoms with Crippen molar-refractivity contribution in [3.63, 3.8) is 0 Å². The van der Waals surface area contributed by atoms with Crippen LogP contribution in [-0.4, -0.2) is 23.2 Å². The van der Waals surface area contributed by atoms with Crippen LogP contribution in [0.2, 0.25) is 0 Å². The van der Waals surface area contributed by atoms with E-state index in [1.807, 2.05) is 24.3 Å². The number of rotatable bonds is 4. The van der Waals surface area contributed by atoms with Gasteiger partial charge in [0.15, 0.2) is 17.2 Å². The molecule has 3 rings (SSSR count). The van der Waals surface area contributed by atoms with Crippen molar-refractivity contribution in [1.29, 1.82) is 5.26 Å². The summed E-state index contributed by atoms with van der Waals surface area (Å²) in [7, 11) is 0. The van der Waals surface area contributed by atoms with Gasteiger partial charge in [-0.1, -0.05) is 19.9 Å². The number of fused-ring (bicyclic) bond motifs is 1. The highest BCUT2D eigenvalue weighted by molar-refractivity contribution is 5.47. The molecule has 1 aliphatic rings. The Bertz CT molecular complexity index is 722. The Labute approximate surface area is 135 Å². The van der Waals surface area contributed by atoms with Crippen molar-refractivity contribution >= 4 is 5.82 Å². The first-order valence-electron chi connectivity index (χ1n) is 7.55. The van der Waals surface area contributed by atoms with E-state index in [0.29, 0.717) is 30.6 Å². The van der Waals surface area contributed by atoms with Crippen LogP contribution in [0.15, 0.2) is 30.6 Å². The Hall–Kier alpha value is -2.81. The fourth-order valence-electron chi connectivity index (χ4n) is 2.51. The molecule has 0 fully saturated rings. The zero-order chi connectivity index (χ0) is 16.2. The molecule has 6 heteroatoms. The molecule has 23 heavy (non-hydrogen) atoms. The number of nitrogens with zero attached hydrogens (tertiary/aromatic N) is 3. The largest absolute Gasteiger partial charge is 0.486 e. The van der Waals surface area contributed by atoms with Gasteiger partial charge >= 0.3 is 0 Å². The summed E-state index contributed by atoms with van der Waals surface area (Å²) in [5.74, 6) is 2.51. The van der Waals surface area contributed by atoms with E-state index in [1.54, 1.807) is 6.20 Å². The molecule has 0 spiro atoms. The lowest BCUT2D eigenvalue weighted by Gasteiger charge is -2.25. The normalized spacial score (nSPS) is 14.2. The van der Waals surface area contributed by atoms with Gasteiger partial charge in [-0.05, 0) is 23.6 Å². The monoisotopic (exact) mass is 310 g/mol. The molecule has 0 aliphatic carbocycles. The molecule has 0 radical (unpaired) electrons. The maximum absolute atomic E-state index is 8.79. The lowest BCUT2D eigenvalue weighted by Crippen LogP contribution is -2.19. The van der Waals surface area contributed by atoms with Crippen LogP contribution in [0.5, 0.6) is 11.5 Å². The number of nitriles is 1. The van der Waals surface area contributed by atoms with E-state index in [1.165, 1.54) is 6.20 Å². The summed E-state index contributed by atoms with van der Waals surface area (Å²) in [4.78, 5) is 8.28. The third-order valence-corrected chi connectivity index (χ3v) is 3.66. The molecule has 0 saturated carbocycles. The Kier molecular flexibility index (Phi) is 4.29. The van der Waals surface area contributed by atoms with Crippen LogP contribution in [0.3, 0.4) is 0 Å². The smallest absolute Gasteiger partial charge is 0.161 e. The molecule has 1 aromatic carbocycles. The van der Waals surface area contributed by atoms with Crippen molar-refractivity contribution in [3.8, 4) is 17.6 Å². The van der Waals surface area contributed by atoms with Crippen molar-refractivity contribution in [2.45, 2.75) is 19.9 Å². The summed E-state index contributed by atoms with van der Waals surface area (Å²) < 4.78 is 11.2. The van der Waals surface area contributed by atoms with Crippen molar-refractivity contribution in [2.24, 2.45) is 5.92 Å². The predicted molar refractivity (Wildman–Crippen MR) is 85.4 cm³/mol. The number of ether oxygens (including phenoxy) is 2. The Morgan fingerprint density at radius 3 is 2.57 bits per heavy atom. The second-order valence-electron chi connectivity index (χ2n) is 5.67. The molecule has 2 aromatic rings. The van der Waals surface area contributed by atoms with Gasteiger partial charge in [-0.25, -0.2) is 9.97 Å². The highest BCUT2D eigenvalue weighted by Gasteiger charge is 2.20. The topological polar surface area (TPSA) is 80.1 Å². The quantitative estimate of drug-likeness (QED) is 0.935. The number of hydrogen-bond donors (Lipinski definition) is 1. The molecule has 1 unspecified atom stereocenters. The molecule has 1 atom stereocenters. The standard InChI is InChI=1S/C17H18N4O2/c1-11(2)17(21-16-10-19-13(8-18)9-20-16)12-3-4-14-15(7-12)23-6-5-22-14/h3-4,7,9-11,17H,5-6H2,1-2H3,(H,20,21). The van der Waals surface area contributed by atoms with Crippen LogP contribution in [0.1, 0.15) is 31.1 Å². The third-order valence-electron chi connectivity index (χ3n) is 3.66. The summed E-state index contributed by atoms with van der Waals surface area (Å²) in [6, 6.07) is 7.98. The van der Waals surface area contributed by atoms with Gasteiger partial charge in [0.2, 0.25) is 0 Å². The number of benzene rings is 1. The van der Waals surface area contributed by atoms with Gasteiger partial charge in [-0.15, -0.1) is 0 Å². The molecule has 0 amide bonds. The van der Waals surface area contributed by atoms with Crippen LogP contribution in [0, 0.1) is 17.2 Å². The molecule has 1 N–H and O–H groups in total. The van der Waals surface area contributed by atoms with E-state index in [0.717, 1.165) is 17.1 Å². The van der Waals surface area contributed by atoms with Crippen molar-refractivity contribution in [2.75, 3.05) is 18.5 Å². The molecule has 0 bridgehead atoms. The highest BCUT2D eigenvalue weighted by Crippen LogP contribution is 2.35. The van der Waals surface area contributed by atoms with E-state index in [-0.39, 0.29) is 6.04 Å². The minimum atomic E-state index is 0.0491. The number of hydrogen-bond acceptors (Lipinski definition) is 6. The van der Waals surface area contributed by atoms with Crippen LogP contribution in [0.25, 0.3) is 0 Å². The van der Waals surface area contributed by atoms with E-state index >= 15 is 0 Å². The van der Waals surface area contributed by atoms with E-state index < -0.39 is 0 Å². The minimum Gasteiger partial charge on any atom is -0.486 e. The summed E-state index contributed by atoms with van der Waals surface area (Å²) in [5, 5.41) is 12.2. The average Bonchev–Trinajstić information content (AvgIpc) is 2.59. The van der Waals surface area contributed by atoms with Gasteiger partial charge in [0.1, 0.15) is 25.1 Å². The maximum atomic E-state index is 8.79. The molecule has 6 nitrogen and oxygen atoms in total. The first-order valence-corrected chi connectivity index (χ1v) is 7.55. The zero-order valence-electron chi connectivity index (χ0n) is 13.1. The van der Waals surface area contributed by atoms with Crippen LogP contribution in [-0.2, 0) is 0 Å². The summed E-state index contributed by atoms with van der Waals surface area (Å²) in [6.45, 7) is 5.41. The molecule has 0 saturated heterocycles. The lowest BCUT2D eigenvalue weighted by molar-refractivity contribution is 0.171. The number of anilines is 1. The van der Waals surface area contributed by atoms with Gasteiger partial charge in [-0.3, -0.25) is 0 Å². The van der Waals surface area contributed by atoms with Gasteiger partial charge < -0.3 is 14.8 Å². The van der Waals surface area contributed by atoms with Gasteiger partial charge in [0.25, 0.3) is 0 Å². The molecule has 1 aromatic heterocycles. The molecule has 118 valence electrons. The Balaban J connectivity index is 1.85. The third kappa shape index (κ3) is 3.34. The van der Waals surface area contributed by atoms with Crippen molar-refractivity contribution in [3.05, 3.63) is 41.9 Å². The SMILES string of the molecule is CC(C)C(Nc1cnc(C#N)cn1)c1ccc2c(c1)OCCO2. The maximum Gasteiger partial charge on any atom is 0.161 e. The van der Waals surface area contributed by atoms with Crippen molar-refractivity contribution < 1.29 is 9.47 Å². The van der Waals surface area contributed by atoms with Gasteiger partial charge in [0.05, 0.1) is 18.4 Å². The van der Waals surface area contributed by atoms with Crippen LogP contribution in [0.4, 0.5) is 5.82 Å². The van der Waals surface area contributed by atoms with Crippen LogP contribution < -0.4 is 14.8 Å². The summed E-state index contributed by atoms with van der Waals surface area (Å²) in [6.07, 6.45) is 3.04. The Morgan fingerprint density at radius 2 is 1.91 bits per heavy atom. The van der Waals surface area contributed by atoms with E-state index in [2.05, 4.69) is 29.1 Å². The van der Waals surface area contributed by atoms with Crippen molar-refractivity contribution in [1.82, 2.24) is 9.97 Å². The van der Waals surface area contributed by atoms with Crippen LogP contribution >= 0.6 is 0 Å². The summed E-state index contributed by atoms with van der Waals surface area (Å²) in [5.41, 5.74) is 1.39. The molecular weight excluding hydrogens is 292 g/mol. The second kappa shape index (κ2) is 6.53. The van der Waals surface area contributed by atoms with Gasteiger partial charge in [-0.2, -0.15) is 5.26 Å². The average molecular weight is 310 g/mol. The predicted octanol–water partition coefficient (Wildman–Crippen LogP) is 2.93. The summed E-state index contributed by atoms with van der Waals surface area (Å²) >= 11 is 0. The Morgan fingerprint density at radius 1 is 1.13 bits per heavy atom. The second-order valence-corrected chi connectivity index (χ2v) is 5.67. The highest BCUT2D eigenvalue weighted by atomic mass is 16.6. The first-order chi connectivity index (χ1) is 11.2. The molecular formula is C17H18N4O2. The lowest BCUT2D eigenvalue weighted by atomic mass is 9.95. The van der Waals surface area contributed by atoms with Gasteiger partial charge in [0, 0.05) is 0 Å². The van der Waals surface area contributed by atoms with E-state index in [9.17, 15) is 0 Å².